The monoisotopic (exact) mass is 514 g/mol. The molecule has 37 heavy (non-hydrogen) atoms. The molecule has 0 saturated heterocycles. The summed E-state index contributed by atoms with van der Waals surface area (Å²) in [4.78, 5) is 24.6. The van der Waals surface area contributed by atoms with Gasteiger partial charge in [0, 0.05) is 0 Å². The Morgan fingerprint density at radius 3 is 2.00 bits per heavy atom. The van der Waals surface area contributed by atoms with Crippen LogP contribution >= 0.6 is 0 Å². The maximum absolute atomic E-state index is 12.5. The highest BCUT2D eigenvalue weighted by molar-refractivity contribution is 7.89. The van der Waals surface area contributed by atoms with Crippen molar-refractivity contribution in [2.24, 2.45) is 0 Å². The molecular formula is C29H26N2O5S. The van der Waals surface area contributed by atoms with Crippen LogP contribution in [0.25, 0.3) is 11.1 Å². The topological polar surface area (TPSA) is 102 Å². The summed E-state index contributed by atoms with van der Waals surface area (Å²) in [6, 6.07) is 32.4. The molecule has 0 atom stereocenters. The molecule has 0 radical (unpaired) electrons. The van der Waals surface area contributed by atoms with E-state index in [2.05, 4.69) is 10.0 Å². The number of carbonyl (C=O) groups is 2. The summed E-state index contributed by atoms with van der Waals surface area (Å²) in [5, 5.41) is 2.56. The molecule has 0 saturated carbocycles. The van der Waals surface area contributed by atoms with E-state index in [1.54, 1.807) is 12.1 Å². The van der Waals surface area contributed by atoms with Crippen LogP contribution in [0.3, 0.4) is 0 Å². The number of Topliss-reactive ketones (excluding diaryl/α,β-unsaturated/α-hetero) is 1. The van der Waals surface area contributed by atoms with E-state index in [9.17, 15) is 18.0 Å². The summed E-state index contributed by atoms with van der Waals surface area (Å²) in [7, 11) is -3.90. The Hall–Kier alpha value is -4.27. The van der Waals surface area contributed by atoms with Crippen molar-refractivity contribution in [3.05, 3.63) is 115 Å². The van der Waals surface area contributed by atoms with Gasteiger partial charge in [-0.2, -0.15) is 0 Å². The fourth-order valence-corrected chi connectivity index (χ4v) is 4.58. The number of sulfonamides is 1. The molecular weight excluding hydrogens is 488 g/mol. The van der Waals surface area contributed by atoms with Crippen molar-refractivity contribution >= 4 is 21.7 Å². The molecule has 7 nitrogen and oxygen atoms in total. The van der Waals surface area contributed by atoms with E-state index >= 15 is 0 Å². The van der Waals surface area contributed by atoms with Crippen molar-refractivity contribution in [1.29, 1.82) is 0 Å². The first-order valence-corrected chi connectivity index (χ1v) is 13.1. The Morgan fingerprint density at radius 1 is 0.676 bits per heavy atom. The van der Waals surface area contributed by atoms with Gasteiger partial charge in [0.25, 0.3) is 0 Å². The van der Waals surface area contributed by atoms with Gasteiger partial charge in [-0.1, -0.05) is 72.8 Å². The number of para-hydroxylation sites is 1. The first kappa shape index (κ1) is 25.8. The molecule has 0 aliphatic heterocycles. The number of carbonyl (C=O) groups excluding carboxylic acids is 2. The van der Waals surface area contributed by atoms with Gasteiger partial charge in [0.2, 0.25) is 15.9 Å². The SMILES string of the molecule is O=C(CNC(=O)Cc1cccc(-c2ccccc2)c1)CNS(=O)(=O)c1ccc(Oc2ccccc2)cc1. The average molecular weight is 515 g/mol. The van der Waals surface area contributed by atoms with E-state index in [0.717, 1.165) is 16.7 Å². The van der Waals surface area contributed by atoms with Gasteiger partial charge in [0.15, 0.2) is 5.78 Å². The van der Waals surface area contributed by atoms with E-state index in [1.807, 2.05) is 72.8 Å². The smallest absolute Gasteiger partial charge is 0.240 e. The third-order valence-corrected chi connectivity index (χ3v) is 6.87. The van der Waals surface area contributed by atoms with Gasteiger partial charge < -0.3 is 10.1 Å². The van der Waals surface area contributed by atoms with Crippen LogP contribution in [-0.2, 0) is 26.0 Å². The number of ketones is 1. The molecule has 188 valence electrons. The Morgan fingerprint density at radius 2 is 1.30 bits per heavy atom. The largest absolute Gasteiger partial charge is 0.457 e. The second-order valence-corrected chi connectivity index (χ2v) is 10.0. The maximum atomic E-state index is 12.5. The number of hydrogen-bond donors (Lipinski definition) is 2. The molecule has 0 spiro atoms. The Bertz CT molecular complexity index is 1460. The Labute approximate surface area is 216 Å². The van der Waals surface area contributed by atoms with Crippen LogP contribution in [0.15, 0.2) is 114 Å². The van der Waals surface area contributed by atoms with Crippen LogP contribution in [0, 0.1) is 0 Å². The standard InChI is InChI=1S/C29H26N2O5S/c32-25(20-30-29(33)19-22-8-7-11-24(18-22)23-9-3-1-4-10-23)21-31-37(34,35)28-16-14-27(15-17-28)36-26-12-5-2-6-13-26/h1-18,31H,19-21H2,(H,30,33). The zero-order valence-electron chi connectivity index (χ0n) is 20.0. The molecule has 0 aromatic heterocycles. The molecule has 0 aliphatic carbocycles. The highest BCUT2D eigenvalue weighted by Crippen LogP contribution is 2.23. The maximum Gasteiger partial charge on any atom is 0.240 e. The van der Waals surface area contributed by atoms with Gasteiger partial charge in [-0.15, -0.1) is 0 Å². The van der Waals surface area contributed by atoms with Crippen molar-refractivity contribution in [2.45, 2.75) is 11.3 Å². The van der Waals surface area contributed by atoms with E-state index in [1.165, 1.54) is 24.3 Å². The molecule has 4 rings (SSSR count). The highest BCUT2D eigenvalue weighted by atomic mass is 32.2. The van der Waals surface area contributed by atoms with Gasteiger partial charge in [-0.05, 0) is 53.1 Å². The fraction of sp³-hybridized carbons (Fsp3) is 0.103. The zero-order chi connectivity index (χ0) is 26.1. The molecule has 2 N–H and O–H groups in total. The molecule has 4 aromatic carbocycles. The molecule has 0 heterocycles. The summed E-state index contributed by atoms with van der Waals surface area (Å²) in [6.07, 6.45) is 0.108. The van der Waals surface area contributed by atoms with Crippen LogP contribution in [0.1, 0.15) is 5.56 Å². The zero-order valence-corrected chi connectivity index (χ0v) is 20.8. The fourth-order valence-electron chi connectivity index (χ4n) is 3.57. The lowest BCUT2D eigenvalue weighted by Gasteiger charge is -2.09. The predicted molar refractivity (Wildman–Crippen MR) is 142 cm³/mol. The van der Waals surface area contributed by atoms with Crippen LogP contribution in [0.4, 0.5) is 0 Å². The highest BCUT2D eigenvalue weighted by Gasteiger charge is 2.16. The van der Waals surface area contributed by atoms with Crippen LogP contribution in [0.2, 0.25) is 0 Å². The number of amides is 1. The van der Waals surface area contributed by atoms with Crippen molar-refractivity contribution in [3.8, 4) is 22.6 Å². The van der Waals surface area contributed by atoms with Crippen molar-refractivity contribution in [3.63, 3.8) is 0 Å². The first-order valence-electron chi connectivity index (χ1n) is 11.6. The van der Waals surface area contributed by atoms with Crippen molar-refractivity contribution in [2.75, 3.05) is 13.1 Å². The average Bonchev–Trinajstić information content (AvgIpc) is 2.92. The van der Waals surface area contributed by atoms with E-state index in [-0.39, 0.29) is 23.8 Å². The summed E-state index contributed by atoms with van der Waals surface area (Å²) < 4.78 is 33.0. The number of rotatable bonds is 11. The Balaban J connectivity index is 1.24. The molecule has 4 aromatic rings. The third kappa shape index (κ3) is 7.60. The summed E-state index contributed by atoms with van der Waals surface area (Å²) in [5.74, 6) is 0.334. The van der Waals surface area contributed by atoms with Gasteiger partial charge in [-0.25, -0.2) is 13.1 Å². The number of hydrogen-bond acceptors (Lipinski definition) is 5. The van der Waals surface area contributed by atoms with Crippen LogP contribution in [0.5, 0.6) is 11.5 Å². The molecule has 0 bridgehead atoms. The number of benzene rings is 4. The van der Waals surface area contributed by atoms with E-state index < -0.39 is 22.4 Å². The van der Waals surface area contributed by atoms with Gasteiger partial charge in [-0.3, -0.25) is 9.59 Å². The van der Waals surface area contributed by atoms with Crippen LogP contribution in [-0.4, -0.2) is 33.2 Å². The first-order chi connectivity index (χ1) is 17.9. The molecule has 0 aliphatic rings. The lowest BCUT2D eigenvalue weighted by molar-refractivity contribution is -0.124. The number of nitrogens with one attached hydrogen (secondary N) is 2. The summed E-state index contributed by atoms with van der Waals surface area (Å²) >= 11 is 0. The minimum atomic E-state index is -3.90. The predicted octanol–water partition coefficient (Wildman–Crippen LogP) is 4.35. The van der Waals surface area contributed by atoms with Crippen LogP contribution < -0.4 is 14.8 Å². The Kier molecular flexibility index (Phi) is 8.45. The second-order valence-electron chi connectivity index (χ2n) is 8.27. The summed E-state index contributed by atoms with van der Waals surface area (Å²) in [5.41, 5.74) is 2.85. The molecule has 0 unspecified atom stereocenters. The van der Waals surface area contributed by atoms with Gasteiger partial charge in [0.05, 0.1) is 24.4 Å². The van der Waals surface area contributed by atoms with E-state index in [4.69, 9.17) is 4.74 Å². The molecule has 1 amide bonds. The quantitative estimate of drug-likeness (QED) is 0.310. The lowest BCUT2D eigenvalue weighted by atomic mass is 10.0. The van der Waals surface area contributed by atoms with Crippen molar-refractivity contribution in [1.82, 2.24) is 10.0 Å². The van der Waals surface area contributed by atoms with Crippen molar-refractivity contribution < 1.29 is 22.7 Å². The summed E-state index contributed by atoms with van der Waals surface area (Å²) in [6.45, 7) is -0.710. The second kappa shape index (κ2) is 12.1. The number of ether oxygens (including phenoxy) is 1. The molecule has 0 fully saturated rings. The minimum Gasteiger partial charge on any atom is -0.457 e. The van der Waals surface area contributed by atoms with Gasteiger partial charge >= 0.3 is 0 Å². The molecule has 8 heteroatoms. The normalized spacial score (nSPS) is 11.0. The van der Waals surface area contributed by atoms with Gasteiger partial charge in [0.1, 0.15) is 11.5 Å². The lowest BCUT2D eigenvalue weighted by Crippen LogP contribution is -2.37. The van der Waals surface area contributed by atoms with E-state index in [0.29, 0.717) is 11.5 Å². The minimum absolute atomic E-state index is 0.00282. The third-order valence-electron chi connectivity index (χ3n) is 5.45.